The van der Waals surface area contributed by atoms with E-state index in [4.69, 9.17) is 34.8 Å². The number of aromatic nitrogens is 1. The van der Waals surface area contributed by atoms with Crippen LogP contribution >= 0.6 is 34.8 Å². The molecular weight excluding hydrogens is 343 g/mol. The van der Waals surface area contributed by atoms with E-state index in [-0.39, 0.29) is 6.04 Å². The molecule has 4 rings (SSSR count). The number of rotatable bonds is 0. The first kappa shape index (κ1) is 14.7. The van der Waals surface area contributed by atoms with Gasteiger partial charge in [-0.3, -0.25) is 4.79 Å². The van der Waals surface area contributed by atoms with Gasteiger partial charge in [-0.1, -0.05) is 53.0 Å². The fourth-order valence-electron chi connectivity index (χ4n) is 3.98. The third-order valence-corrected chi connectivity index (χ3v) is 5.46. The largest absolute Gasteiger partial charge is 0.358 e. The predicted molar refractivity (Wildman–Crippen MR) is 89.6 cm³/mol. The average Bonchev–Trinajstić information content (AvgIpc) is 3.03. The number of benzene rings is 1. The van der Waals surface area contributed by atoms with Crippen molar-refractivity contribution in [3.8, 4) is 0 Å². The minimum atomic E-state index is -1.87. The Morgan fingerprint density at radius 3 is 2.77 bits per heavy atom. The van der Waals surface area contributed by atoms with Crippen molar-refractivity contribution in [2.75, 3.05) is 6.54 Å². The summed E-state index contributed by atoms with van der Waals surface area (Å²) in [7, 11) is 0. The molecule has 1 saturated heterocycles. The number of amides is 1. The smallest absolute Gasteiger partial charge is 0.274 e. The highest BCUT2D eigenvalue weighted by Gasteiger charge is 2.46. The van der Waals surface area contributed by atoms with E-state index in [1.807, 2.05) is 6.07 Å². The molecule has 116 valence electrons. The molecule has 0 spiro atoms. The van der Waals surface area contributed by atoms with Crippen LogP contribution in [0, 0.1) is 5.92 Å². The summed E-state index contributed by atoms with van der Waals surface area (Å²) in [6, 6.07) is 8.47. The van der Waals surface area contributed by atoms with Crippen LogP contribution in [-0.2, 0) is 17.6 Å². The summed E-state index contributed by atoms with van der Waals surface area (Å²) in [5, 5.41) is 1.29. The number of hydrogen-bond donors (Lipinski definition) is 1. The zero-order valence-corrected chi connectivity index (χ0v) is 14.0. The number of carbonyl (C=O) groups excluding carboxylic acids is 1. The summed E-state index contributed by atoms with van der Waals surface area (Å²) >= 11 is 17.4. The van der Waals surface area contributed by atoms with Crippen LogP contribution in [0.1, 0.15) is 17.7 Å². The lowest BCUT2D eigenvalue weighted by molar-refractivity contribution is -0.131. The summed E-state index contributed by atoms with van der Waals surface area (Å²) in [4.78, 5) is 17.6. The number of halogens is 3. The Kier molecular flexibility index (Phi) is 3.37. The topological polar surface area (TPSA) is 36.1 Å². The standard InChI is InChI=1S/C16H15Cl3N2O/c17-16(18,19)15(22)21-6-5-9-7-11-10-3-1-2-4-12(10)20-13(11)8-14(9)21/h1-4,9,14,20H,5-8H2/t9-,14+/m1/s1. The number of para-hydroxylation sites is 1. The van der Waals surface area contributed by atoms with Gasteiger partial charge >= 0.3 is 0 Å². The second kappa shape index (κ2) is 5.05. The van der Waals surface area contributed by atoms with Crippen LogP contribution < -0.4 is 0 Å². The molecule has 0 saturated carbocycles. The van der Waals surface area contributed by atoms with E-state index in [0.29, 0.717) is 12.5 Å². The summed E-state index contributed by atoms with van der Waals surface area (Å²) in [6.45, 7) is 0.671. The van der Waals surface area contributed by atoms with Crippen molar-refractivity contribution in [2.45, 2.75) is 29.1 Å². The number of nitrogens with one attached hydrogen (secondary N) is 1. The molecule has 1 aromatic heterocycles. The van der Waals surface area contributed by atoms with Crippen LogP contribution in [0.2, 0.25) is 0 Å². The Balaban J connectivity index is 1.69. The lowest BCUT2D eigenvalue weighted by Gasteiger charge is -2.33. The van der Waals surface area contributed by atoms with Crippen LogP contribution in [0.4, 0.5) is 0 Å². The van der Waals surface area contributed by atoms with Gasteiger partial charge in [0.25, 0.3) is 9.70 Å². The van der Waals surface area contributed by atoms with Crippen LogP contribution in [0.15, 0.2) is 24.3 Å². The number of fused-ring (bicyclic) bond motifs is 4. The summed E-state index contributed by atoms with van der Waals surface area (Å²) < 4.78 is -1.87. The van der Waals surface area contributed by atoms with Gasteiger partial charge < -0.3 is 9.88 Å². The molecule has 2 heterocycles. The lowest BCUT2D eigenvalue weighted by Crippen LogP contribution is -2.46. The summed E-state index contributed by atoms with van der Waals surface area (Å²) in [5.41, 5.74) is 3.76. The normalized spacial score (nSPS) is 24.4. The summed E-state index contributed by atoms with van der Waals surface area (Å²) in [6.07, 6.45) is 2.75. The monoisotopic (exact) mass is 356 g/mol. The van der Waals surface area contributed by atoms with Gasteiger partial charge in [-0.2, -0.15) is 0 Å². The summed E-state index contributed by atoms with van der Waals surface area (Å²) in [5.74, 6) is 0.0487. The number of nitrogens with zero attached hydrogens (tertiary/aromatic N) is 1. The zero-order valence-electron chi connectivity index (χ0n) is 11.8. The molecule has 6 heteroatoms. The average molecular weight is 358 g/mol. The second-order valence-corrected chi connectivity index (χ2v) is 8.43. The van der Waals surface area contributed by atoms with E-state index in [1.165, 1.54) is 16.6 Å². The van der Waals surface area contributed by atoms with Crippen molar-refractivity contribution in [2.24, 2.45) is 5.92 Å². The molecule has 2 atom stereocenters. The Morgan fingerprint density at radius 1 is 1.23 bits per heavy atom. The van der Waals surface area contributed by atoms with Crippen molar-refractivity contribution < 1.29 is 4.79 Å². The van der Waals surface area contributed by atoms with Gasteiger partial charge in [-0.15, -0.1) is 0 Å². The maximum absolute atomic E-state index is 12.3. The molecule has 3 nitrogen and oxygen atoms in total. The van der Waals surface area contributed by atoms with E-state index in [9.17, 15) is 4.79 Å². The number of aromatic amines is 1. The van der Waals surface area contributed by atoms with Gasteiger partial charge in [-0.05, 0) is 30.4 Å². The zero-order chi connectivity index (χ0) is 15.5. The minimum absolute atomic E-state index is 0.128. The van der Waals surface area contributed by atoms with Crippen molar-refractivity contribution >= 4 is 51.6 Å². The molecular formula is C16H15Cl3N2O. The van der Waals surface area contributed by atoms with Gasteiger partial charge in [0.05, 0.1) is 0 Å². The van der Waals surface area contributed by atoms with Crippen molar-refractivity contribution in [1.82, 2.24) is 9.88 Å². The second-order valence-electron chi connectivity index (χ2n) is 6.15. The van der Waals surface area contributed by atoms with Gasteiger partial charge in [0.1, 0.15) is 0 Å². The van der Waals surface area contributed by atoms with E-state index in [1.54, 1.807) is 4.90 Å². The molecule has 0 unspecified atom stereocenters. The maximum atomic E-state index is 12.3. The molecule has 1 N–H and O–H groups in total. The first-order chi connectivity index (χ1) is 10.4. The molecule has 0 bridgehead atoms. The number of carbonyl (C=O) groups is 1. The van der Waals surface area contributed by atoms with Crippen LogP contribution in [0.5, 0.6) is 0 Å². The molecule has 1 fully saturated rings. The third kappa shape index (κ3) is 2.22. The van der Waals surface area contributed by atoms with Crippen molar-refractivity contribution in [3.05, 3.63) is 35.5 Å². The van der Waals surface area contributed by atoms with Crippen molar-refractivity contribution in [1.29, 1.82) is 0 Å². The van der Waals surface area contributed by atoms with E-state index in [2.05, 4.69) is 23.2 Å². The molecule has 2 aromatic rings. The first-order valence-corrected chi connectivity index (χ1v) is 8.55. The van der Waals surface area contributed by atoms with Crippen molar-refractivity contribution in [3.63, 3.8) is 0 Å². The highest BCUT2D eigenvalue weighted by atomic mass is 35.6. The molecule has 2 aliphatic rings. The van der Waals surface area contributed by atoms with E-state index in [0.717, 1.165) is 24.8 Å². The lowest BCUT2D eigenvalue weighted by atomic mass is 9.83. The molecule has 1 aliphatic carbocycles. The van der Waals surface area contributed by atoms with Gasteiger partial charge in [0.15, 0.2) is 0 Å². The van der Waals surface area contributed by atoms with Crippen LogP contribution in [-0.4, -0.2) is 32.2 Å². The quantitative estimate of drug-likeness (QED) is 0.714. The molecule has 22 heavy (non-hydrogen) atoms. The number of H-pyrrole nitrogens is 1. The van der Waals surface area contributed by atoms with Gasteiger partial charge in [-0.25, -0.2) is 0 Å². The van der Waals surface area contributed by atoms with Gasteiger partial charge in [0, 0.05) is 35.6 Å². The van der Waals surface area contributed by atoms with Crippen LogP contribution in [0.25, 0.3) is 10.9 Å². The number of alkyl halides is 3. The predicted octanol–water partition coefficient (Wildman–Crippen LogP) is 3.85. The van der Waals surface area contributed by atoms with E-state index < -0.39 is 9.70 Å². The number of likely N-dealkylation sites (tertiary alicyclic amines) is 1. The Hall–Kier alpha value is -0.900. The molecule has 1 amide bonds. The SMILES string of the molecule is O=C(N1CC[C@@H]2Cc3c([nH]c4ccccc34)C[C@@H]21)C(Cl)(Cl)Cl. The number of hydrogen-bond acceptors (Lipinski definition) is 1. The van der Waals surface area contributed by atoms with E-state index >= 15 is 0 Å². The Morgan fingerprint density at radius 2 is 2.00 bits per heavy atom. The molecule has 0 radical (unpaired) electrons. The van der Waals surface area contributed by atoms with Gasteiger partial charge in [0.2, 0.25) is 0 Å². The fourth-order valence-corrected chi connectivity index (χ4v) is 4.31. The molecule has 1 aliphatic heterocycles. The highest BCUT2D eigenvalue weighted by molar-refractivity contribution is 6.76. The maximum Gasteiger partial charge on any atom is 0.274 e. The fraction of sp³-hybridized carbons (Fsp3) is 0.438. The third-order valence-electron chi connectivity index (χ3n) is 4.97. The Bertz CT molecular complexity index is 749. The van der Waals surface area contributed by atoms with Crippen LogP contribution in [0.3, 0.4) is 0 Å². The molecule has 1 aromatic carbocycles. The minimum Gasteiger partial charge on any atom is -0.358 e. The highest BCUT2D eigenvalue weighted by Crippen LogP contribution is 2.41. The Labute approximate surface area is 143 Å². The first-order valence-electron chi connectivity index (χ1n) is 7.41.